The van der Waals surface area contributed by atoms with Gasteiger partial charge in [-0.15, -0.1) is 0 Å². The minimum atomic E-state index is -0.194. The van der Waals surface area contributed by atoms with E-state index in [2.05, 4.69) is 16.8 Å². The van der Waals surface area contributed by atoms with Crippen molar-refractivity contribution in [1.82, 2.24) is 9.88 Å². The molecule has 0 fully saturated rings. The van der Waals surface area contributed by atoms with Crippen molar-refractivity contribution in [3.8, 4) is 11.8 Å². The number of carbonyl (C=O) groups is 1. The molecule has 1 N–H and O–H groups in total. The smallest absolute Gasteiger partial charge is 0.272 e. The molecule has 0 radical (unpaired) electrons. The Morgan fingerprint density at radius 3 is 2.62 bits per heavy atom. The van der Waals surface area contributed by atoms with Gasteiger partial charge in [0, 0.05) is 25.4 Å². The summed E-state index contributed by atoms with van der Waals surface area (Å²) < 4.78 is 0. The van der Waals surface area contributed by atoms with Crippen LogP contribution in [0.25, 0.3) is 0 Å². The number of rotatable bonds is 3. The average molecular weight is 280 g/mol. The number of pyridine rings is 1. The van der Waals surface area contributed by atoms with Crippen molar-refractivity contribution in [2.24, 2.45) is 0 Å². The molecule has 2 aromatic rings. The molecular weight excluding hydrogens is 264 g/mol. The van der Waals surface area contributed by atoms with Crippen LogP contribution < -0.4 is 0 Å². The van der Waals surface area contributed by atoms with E-state index >= 15 is 0 Å². The summed E-state index contributed by atoms with van der Waals surface area (Å²) in [6.45, 7) is 0.341. The van der Waals surface area contributed by atoms with Gasteiger partial charge in [0.05, 0.1) is 0 Å². The van der Waals surface area contributed by atoms with E-state index < -0.39 is 0 Å². The molecule has 0 unspecified atom stereocenters. The summed E-state index contributed by atoms with van der Waals surface area (Å²) in [6.07, 6.45) is 1.53. The first-order chi connectivity index (χ1) is 10.2. The fraction of sp³-hybridized carbons (Fsp3) is 0.176. The molecule has 1 amide bonds. The van der Waals surface area contributed by atoms with Crippen LogP contribution in [0, 0.1) is 11.8 Å². The molecule has 1 aromatic carbocycles. The first-order valence-electron chi connectivity index (χ1n) is 6.56. The first kappa shape index (κ1) is 14.8. The van der Waals surface area contributed by atoms with E-state index in [-0.39, 0.29) is 12.5 Å². The molecule has 1 aromatic heterocycles. The molecule has 2 rings (SSSR count). The zero-order valence-corrected chi connectivity index (χ0v) is 11.8. The highest BCUT2D eigenvalue weighted by molar-refractivity contribution is 5.92. The largest absolute Gasteiger partial charge is 0.384 e. The van der Waals surface area contributed by atoms with Gasteiger partial charge in [-0.3, -0.25) is 4.79 Å². The van der Waals surface area contributed by atoms with Gasteiger partial charge < -0.3 is 10.0 Å². The Hall–Kier alpha value is -2.64. The second-order valence-corrected chi connectivity index (χ2v) is 4.54. The predicted molar refractivity (Wildman–Crippen MR) is 80.4 cm³/mol. The third kappa shape index (κ3) is 4.16. The predicted octanol–water partition coefficient (Wildman–Crippen LogP) is 1.70. The Bertz CT molecular complexity index is 655. The van der Waals surface area contributed by atoms with E-state index in [9.17, 15) is 4.79 Å². The van der Waals surface area contributed by atoms with Gasteiger partial charge in [0.15, 0.2) is 0 Å². The van der Waals surface area contributed by atoms with E-state index in [0.717, 1.165) is 5.56 Å². The van der Waals surface area contributed by atoms with Crippen molar-refractivity contribution in [1.29, 1.82) is 0 Å². The van der Waals surface area contributed by atoms with Gasteiger partial charge in [-0.2, -0.15) is 0 Å². The third-order valence-electron chi connectivity index (χ3n) is 2.90. The van der Waals surface area contributed by atoms with Crippen molar-refractivity contribution in [3.63, 3.8) is 0 Å². The molecular formula is C17H16N2O2. The number of aliphatic hydroxyl groups is 1. The van der Waals surface area contributed by atoms with Gasteiger partial charge in [0.1, 0.15) is 12.3 Å². The summed E-state index contributed by atoms with van der Waals surface area (Å²) in [5.41, 5.74) is 2.12. The molecule has 0 atom stereocenters. The molecule has 0 bridgehead atoms. The second kappa shape index (κ2) is 7.22. The van der Waals surface area contributed by atoms with E-state index in [1.807, 2.05) is 30.3 Å². The number of amides is 1. The maximum absolute atomic E-state index is 12.3. The van der Waals surface area contributed by atoms with Gasteiger partial charge >= 0.3 is 0 Å². The topological polar surface area (TPSA) is 53.4 Å². The molecule has 4 heteroatoms. The quantitative estimate of drug-likeness (QED) is 0.871. The van der Waals surface area contributed by atoms with Crippen molar-refractivity contribution < 1.29 is 9.90 Å². The third-order valence-corrected chi connectivity index (χ3v) is 2.90. The van der Waals surface area contributed by atoms with Gasteiger partial charge in [-0.1, -0.05) is 42.2 Å². The van der Waals surface area contributed by atoms with Gasteiger partial charge in [-0.25, -0.2) is 4.98 Å². The first-order valence-corrected chi connectivity index (χ1v) is 6.56. The van der Waals surface area contributed by atoms with Gasteiger partial charge in [0.2, 0.25) is 0 Å². The van der Waals surface area contributed by atoms with E-state index in [0.29, 0.717) is 17.8 Å². The Labute approximate surface area is 124 Å². The standard InChI is InChI=1S/C17H16N2O2/c1-19(13-15-6-3-2-4-7-15)17(21)16-10-9-14(12-18-16)8-5-11-20/h2-4,6-7,9-10,12,20H,11,13H2,1H3. The lowest BCUT2D eigenvalue weighted by molar-refractivity contribution is 0.0779. The summed E-state index contributed by atoms with van der Waals surface area (Å²) in [5, 5.41) is 8.63. The molecule has 1 heterocycles. The minimum Gasteiger partial charge on any atom is -0.384 e. The van der Waals surface area contributed by atoms with Crippen molar-refractivity contribution in [3.05, 3.63) is 65.5 Å². The van der Waals surface area contributed by atoms with Crippen LogP contribution in [0.5, 0.6) is 0 Å². The Morgan fingerprint density at radius 1 is 1.24 bits per heavy atom. The molecule has 0 aliphatic heterocycles. The van der Waals surface area contributed by atoms with Crippen LogP contribution in [-0.2, 0) is 6.54 Å². The zero-order valence-electron chi connectivity index (χ0n) is 11.8. The summed E-state index contributed by atoms with van der Waals surface area (Å²) >= 11 is 0. The number of hydrogen-bond acceptors (Lipinski definition) is 3. The molecule has 0 saturated heterocycles. The lowest BCUT2D eigenvalue weighted by Gasteiger charge is -2.16. The van der Waals surface area contributed by atoms with Crippen LogP contribution in [0.1, 0.15) is 21.6 Å². The van der Waals surface area contributed by atoms with E-state index in [1.54, 1.807) is 24.1 Å². The highest BCUT2D eigenvalue weighted by Crippen LogP contribution is 2.07. The van der Waals surface area contributed by atoms with Gasteiger partial charge in [0.25, 0.3) is 5.91 Å². The second-order valence-electron chi connectivity index (χ2n) is 4.54. The summed E-state index contributed by atoms with van der Waals surface area (Å²) in [5.74, 6) is 5.14. The molecule has 21 heavy (non-hydrogen) atoms. The number of nitrogens with zero attached hydrogens (tertiary/aromatic N) is 2. The maximum atomic E-state index is 12.3. The number of aromatic nitrogens is 1. The summed E-state index contributed by atoms with van der Waals surface area (Å²) in [6, 6.07) is 13.2. The summed E-state index contributed by atoms with van der Waals surface area (Å²) in [7, 11) is 1.75. The molecule has 0 aliphatic carbocycles. The summed E-state index contributed by atoms with van der Waals surface area (Å²) in [4.78, 5) is 18.0. The van der Waals surface area contributed by atoms with Crippen LogP contribution in [0.15, 0.2) is 48.7 Å². The van der Waals surface area contributed by atoms with Gasteiger partial charge in [-0.05, 0) is 17.7 Å². The Kier molecular flexibility index (Phi) is 5.08. The van der Waals surface area contributed by atoms with Crippen LogP contribution >= 0.6 is 0 Å². The van der Waals surface area contributed by atoms with Crippen molar-refractivity contribution in [2.75, 3.05) is 13.7 Å². The monoisotopic (exact) mass is 280 g/mol. The van der Waals surface area contributed by atoms with Crippen LogP contribution in [0.4, 0.5) is 0 Å². The fourth-order valence-electron chi connectivity index (χ4n) is 1.86. The van der Waals surface area contributed by atoms with E-state index in [4.69, 9.17) is 5.11 Å². The van der Waals surface area contributed by atoms with Crippen LogP contribution in [-0.4, -0.2) is 34.6 Å². The SMILES string of the molecule is CN(Cc1ccccc1)C(=O)c1ccc(C#CCO)cn1. The molecule has 0 saturated carbocycles. The molecule has 0 aliphatic rings. The number of aliphatic hydroxyl groups excluding tert-OH is 1. The molecule has 4 nitrogen and oxygen atoms in total. The number of benzene rings is 1. The van der Waals surface area contributed by atoms with Crippen molar-refractivity contribution >= 4 is 5.91 Å². The van der Waals surface area contributed by atoms with Crippen molar-refractivity contribution in [2.45, 2.75) is 6.54 Å². The maximum Gasteiger partial charge on any atom is 0.272 e. The Balaban J connectivity index is 2.05. The zero-order chi connectivity index (χ0) is 15.1. The van der Waals surface area contributed by atoms with E-state index in [1.165, 1.54) is 6.20 Å². The number of hydrogen-bond donors (Lipinski definition) is 1. The number of carbonyl (C=O) groups excluding carboxylic acids is 1. The van der Waals surface area contributed by atoms with Crippen LogP contribution in [0.2, 0.25) is 0 Å². The lowest BCUT2D eigenvalue weighted by Crippen LogP contribution is -2.26. The highest BCUT2D eigenvalue weighted by Gasteiger charge is 2.13. The highest BCUT2D eigenvalue weighted by atomic mass is 16.2. The fourth-order valence-corrected chi connectivity index (χ4v) is 1.86. The normalized spacial score (nSPS) is 9.62. The van der Waals surface area contributed by atoms with Crippen LogP contribution in [0.3, 0.4) is 0 Å². The minimum absolute atomic E-state index is 0.138. The lowest BCUT2D eigenvalue weighted by atomic mass is 10.2. The Morgan fingerprint density at radius 2 is 2.00 bits per heavy atom. The molecule has 106 valence electrons. The average Bonchev–Trinajstić information content (AvgIpc) is 2.53. The molecule has 0 spiro atoms.